The van der Waals surface area contributed by atoms with Crippen LogP contribution in [0, 0.1) is 11.8 Å². The van der Waals surface area contributed by atoms with Crippen molar-refractivity contribution in [3.63, 3.8) is 0 Å². The van der Waals surface area contributed by atoms with Crippen molar-refractivity contribution in [3.8, 4) is 0 Å². The van der Waals surface area contributed by atoms with E-state index in [4.69, 9.17) is 16.7 Å². The standard InChI is InChI=1S/C13H15ClN2O3/c14-10-5-6-15-7-11(10)16-12(17)8-3-1-2-4-9(8)13(18)19/h5-9H,1-4H2,(H,16,17)(H,18,19)/t8-,9+/m1/s1. The van der Waals surface area contributed by atoms with Crippen molar-refractivity contribution in [1.82, 2.24) is 4.98 Å². The van der Waals surface area contributed by atoms with E-state index in [9.17, 15) is 9.59 Å². The Labute approximate surface area is 116 Å². The Morgan fingerprint density at radius 1 is 1.32 bits per heavy atom. The molecule has 0 aromatic carbocycles. The Kier molecular flexibility index (Phi) is 4.37. The molecular weight excluding hydrogens is 268 g/mol. The summed E-state index contributed by atoms with van der Waals surface area (Å²) in [6.07, 6.45) is 5.86. The molecule has 1 aliphatic rings. The lowest BCUT2D eigenvalue weighted by atomic mass is 9.78. The van der Waals surface area contributed by atoms with Gasteiger partial charge in [-0.25, -0.2) is 0 Å². The largest absolute Gasteiger partial charge is 0.481 e. The molecule has 19 heavy (non-hydrogen) atoms. The van der Waals surface area contributed by atoms with Crippen LogP contribution in [-0.2, 0) is 9.59 Å². The molecule has 2 N–H and O–H groups in total. The molecule has 1 heterocycles. The second kappa shape index (κ2) is 6.02. The number of amides is 1. The van der Waals surface area contributed by atoms with Crippen LogP contribution in [0.15, 0.2) is 18.5 Å². The van der Waals surface area contributed by atoms with Crippen LogP contribution in [0.5, 0.6) is 0 Å². The maximum atomic E-state index is 12.2. The lowest BCUT2D eigenvalue weighted by Crippen LogP contribution is -2.36. The maximum Gasteiger partial charge on any atom is 0.307 e. The van der Waals surface area contributed by atoms with Gasteiger partial charge in [-0.1, -0.05) is 24.4 Å². The van der Waals surface area contributed by atoms with Crippen LogP contribution in [0.25, 0.3) is 0 Å². The van der Waals surface area contributed by atoms with Crippen molar-refractivity contribution in [1.29, 1.82) is 0 Å². The second-order valence-corrected chi connectivity index (χ2v) is 5.09. The Hall–Kier alpha value is -1.62. The zero-order chi connectivity index (χ0) is 13.8. The van der Waals surface area contributed by atoms with Gasteiger partial charge in [-0.3, -0.25) is 14.6 Å². The number of nitrogens with zero attached hydrogens (tertiary/aromatic N) is 1. The van der Waals surface area contributed by atoms with Gasteiger partial charge in [0.05, 0.1) is 28.7 Å². The molecule has 6 heteroatoms. The Balaban J connectivity index is 2.10. The van der Waals surface area contributed by atoms with Gasteiger partial charge >= 0.3 is 5.97 Å². The van der Waals surface area contributed by atoms with Crippen LogP contribution in [-0.4, -0.2) is 22.0 Å². The number of rotatable bonds is 3. The van der Waals surface area contributed by atoms with E-state index >= 15 is 0 Å². The lowest BCUT2D eigenvalue weighted by Gasteiger charge is -2.27. The molecule has 102 valence electrons. The van der Waals surface area contributed by atoms with Gasteiger partial charge in [-0.05, 0) is 18.9 Å². The SMILES string of the molecule is O=C(O)[C@H]1CCCC[C@H]1C(=O)Nc1cnccc1Cl. The predicted octanol–water partition coefficient (Wildman–Crippen LogP) is 2.56. The molecule has 0 unspecified atom stereocenters. The van der Waals surface area contributed by atoms with Crippen molar-refractivity contribution >= 4 is 29.2 Å². The Bertz CT molecular complexity index is 493. The number of hydrogen-bond donors (Lipinski definition) is 2. The minimum absolute atomic E-state index is 0.290. The number of halogens is 1. The molecule has 1 aliphatic carbocycles. The van der Waals surface area contributed by atoms with E-state index in [-0.39, 0.29) is 5.91 Å². The quantitative estimate of drug-likeness (QED) is 0.893. The van der Waals surface area contributed by atoms with E-state index in [1.165, 1.54) is 12.4 Å². The van der Waals surface area contributed by atoms with Crippen LogP contribution < -0.4 is 5.32 Å². The molecule has 1 saturated carbocycles. The molecule has 0 saturated heterocycles. The molecular formula is C13H15ClN2O3. The van der Waals surface area contributed by atoms with Crippen molar-refractivity contribution in [2.75, 3.05) is 5.32 Å². The molecule has 0 radical (unpaired) electrons. The fourth-order valence-electron chi connectivity index (χ4n) is 2.44. The van der Waals surface area contributed by atoms with Gasteiger partial charge in [0.25, 0.3) is 0 Å². The molecule has 2 atom stereocenters. The first-order chi connectivity index (χ1) is 9.09. The summed E-state index contributed by atoms with van der Waals surface area (Å²) in [5.41, 5.74) is 0.420. The van der Waals surface area contributed by atoms with E-state index in [2.05, 4.69) is 10.3 Å². The molecule has 0 spiro atoms. The highest BCUT2D eigenvalue weighted by Gasteiger charge is 2.35. The summed E-state index contributed by atoms with van der Waals surface area (Å²) in [5.74, 6) is -2.30. The zero-order valence-corrected chi connectivity index (χ0v) is 11.1. The van der Waals surface area contributed by atoms with Gasteiger partial charge in [0, 0.05) is 6.20 Å². The van der Waals surface area contributed by atoms with E-state index in [0.717, 1.165) is 12.8 Å². The molecule has 1 fully saturated rings. The number of carbonyl (C=O) groups excluding carboxylic acids is 1. The van der Waals surface area contributed by atoms with Gasteiger partial charge in [-0.15, -0.1) is 0 Å². The zero-order valence-electron chi connectivity index (χ0n) is 10.3. The molecule has 1 aromatic heterocycles. The van der Waals surface area contributed by atoms with Crippen LogP contribution in [0.2, 0.25) is 5.02 Å². The average molecular weight is 283 g/mol. The first kappa shape index (κ1) is 13.8. The number of aliphatic carboxylic acids is 1. The fraction of sp³-hybridized carbons (Fsp3) is 0.462. The van der Waals surface area contributed by atoms with E-state index in [0.29, 0.717) is 23.6 Å². The number of anilines is 1. The third-order valence-electron chi connectivity index (χ3n) is 3.45. The van der Waals surface area contributed by atoms with Gasteiger partial charge in [0.2, 0.25) is 5.91 Å². The van der Waals surface area contributed by atoms with Gasteiger partial charge < -0.3 is 10.4 Å². The molecule has 5 nitrogen and oxygen atoms in total. The number of nitrogens with one attached hydrogen (secondary N) is 1. The van der Waals surface area contributed by atoms with E-state index in [1.807, 2.05) is 0 Å². The lowest BCUT2D eigenvalue weighted by molar-refractivity contribution is -0.147. The number of pyridine rings is 1. The summed E-state index contributed by atoms with van der Waals surface area (Å²) in [6.45, 7) is 0. The van der Waals surface area contributed by atoms with Crippen molar-refractivity contribution in [2.24, 2.45) is 11.8 Å². The third kappa shape index (κ3) is 3.23. The summed E-state index contributed by atoms with van der Waals surface area (Å²) in [4.78, 5) is 27.2. The van der Waals surface area contributed by atoms with Crippen molar-refractivity contribution < 1.29 is 14.7 Å². The summed E-state index contributed by atoms with van der Waals surface area (Å²) in [7, 11) is 0. The van der Waals surface area contributed by atoms with Crippen LogP contribution in [0.3, 0.4) is 0 Å². The minimum atomic E-state index is -0.905. The number of hydrogen-bond acceptors (Lipinski definition) is 3. The molecule has 1 amide bonds. The Morgan fingerprint density at radius 3 is 2.63 bits per heavy atom. The van der Waals surface area contributed by atoms with Crippen LogP contribution in [0.1, 0.15) is 25.7 Å². The molecule has 0 aliphatic heterocycles. The monoisotopic (exact) mass is 282 g/mol. The highest BCUT2D eigenvalue weighted by molar-refractivity contribution is 6.33. The molecule has 0 bridgehead atoms. The Morgan fingerprint density at radius 2 is 2.00 bits per heavy atom. The highest BCUT2D eigenvalue weighted by Crippen LogP contribution is 2.32. The van der Waals surface area contributed by atoms with Gasteiger partial charge in [-0.2, -0.15) is 0 Å². The second-order valence-electron chi connectivity index (χ2n) is 4.68. The average Bonchev–Trinajstić information content (AvgIpc) is 2.41. The predicted molar refractivity (Wildman–Crippen MR) is 71.0 cm³/mol. The number of carbonyl (C=O) groups is 2. The highest BCUT2D eigenvalue weighted by atomic mass is 35.5. The number of carboxylic acid groups (broad SMARTS) is 1. The van der Waals surface area contributed by atoms with Crippen LogP contribution >= 0.6 is 11.6 Å². The van der Waals surface area contributed by atoms with Crippen LogP contribution in [0.4, 0.5) is 5.69 Å². The van der Waals surface area contributed by atoms with E-state index in [1.54, 1.807) is 6.07 Å². The normalized spacial score (nSPS) is 22.8. The minimum Gasteiger partial charge on any atom is -0.481 e. The van der Waals surface area contributed by atoms with E-state index < -0.39 is 17.8 Å². The first-order valence-corrected chi connectivity index (χ1v) is 6.60. The third-order valence-corrected chi connectivity index (χ3v) is 3.78. The summed E-state index contributed by atoms with van der Waals surface area (Å²) in [6, 6.07) is 1.58. The number of aromatic nitrogens is 1. The first-order valence-electron chi connectivity index (χ1n) is 6.23. The fourth-order valence-corrected chi connectivity index (χ4v) is 2.59. The van der Waals surface area contributed by atoms with Gasteiger partial charge in [0.1, 0.15) is 0 Å². The van der Waals surface area contributed by atoms with Crippen molar-refractivity contribution in [3.05, 3.63) is 23.5 Å². The maximum absolute atomic E-state index is 12.2. The molecule has 1 aromatic rings. The number of carboxylic acids is 1. The topological polar surface area (TPSA) is 79.3 Å². The summed E-state index contributed by atoms with van der Waals surface area (Å²) in [5, 5.41) is 12.2. The summed E-state index contributed by atoms with van der Waals surface area (Å²) < 4.78 is 0. The molecule has 2 rings (SSSR count). The van der Waals surface area contributed by atoms with Gasteiger partial charge in [0.15, 0.2) is 0 Å². The van der Waals surface area contributed by atoms with Crippen molar-refractivity contribution in [2.45, 2.75) is 25.7 Å². The smallest absolute Gasteiger partial charge is 0.307 e. The summed E-state index contributed by atoms with van der Waals surface area (Å²) >= 11 is 5.94.